The summed E-state index contributed by atoms with van der Waals surface area (Å²) < 4.78 is 19.1. The first-order valence-corrected chi connectivity index (χ1v) is 8.63. The molecule has 0 bridgehead atoms. The molecule has 5 heteroatoms. The monoisotopic (exact) mass is 333 g/mol. The zero-order valence-corrected chi connectivity index (χ0v) is 13.7. The summed E-state index contributed by atoms with van der Waals surface area (Å²) in [6.07, 6.45) is 5.97. The maximum Gasteiger partial charge on any atom is 0.226 e. The highest BCUT2D eigenvalue weighted by molar-refractivity contribution is 5.79. The molecule has 1 saturated carbocycles. The molecule has 1 aromatic rings. The van der Waals surface area contributed by atoms with E-state index in [0.717, 1.165) is 19.3 Å². The highest BCUT2D eigenvalue weighted by Crippen LogP contribution is 2.32. The summed E-state index contributed by atoms with van der Waals surface area (Å²) in [6, 6.07) is 6.45. The van der Waals surface area contributed by atoms with Crippen LogP contribution >= 0.6 is 0 Å². The molecular formula is C19H24FNO3. The molecule has 3 rings (SSSR count). The summed E-state index contributed by atoms with van der Waals surface area (Å²) in [7, 11) is 0. The van der Waals surface area contributed by atoms with Crippen molar-refractivity contribution in [3.63, 3.8) is 0 Å². The second-order valence-electron chi connectivity index (χ2n) is 6.52. The number of carbonyl (C=O) groups excluding carboxylic acids is 1. The predicted octanol–water partition coefficient (Wildman–Crippen LogP) is 2.62. The van der Waals surface area contributed by atoms with Crippen LogP contribution in [0, 0.1) is 11.7 Å². The molecule has 0 aromatic heterocycles. The number of halogens is 1. The summed E-state index contributed by atoms with van der Waals surface area (Å²) >= 11 is 0. The van der Waals surface area contributed by atoms with Gasteiger partial charge in [-0.2, -0.15) is 0 Å². The summed E-state index contributed by atoms with van der Waals surface area (Å²) in [5.41, 5.74) is 0.482. The molecular weight excluding hydrogens is 309 g/mol. The molecule has 3 atom stereocenters. The minimum absolute atomic E-state index is 0.00925. The number of aliphatic hydroxyl groups excluding tert-OH is 1. The van der Waals surface area contributed by atoms with Gasteiger partial charge in [-0.1, -0.05) is 36.8 Å². The normalized spacial score (nSPS) is 27.8. The Morgan fingerprint density at radius 1 is 1.38 bits per heavy atom. The molecule has 1 heterocycles. The first-order valence-electron chi connectivity index (χ1n) is 8.63. The average Bonchev–Trinajstić information content (AvgIpc) is 3.02. The Balaban J connectivity index is 1.63. The van der Waals surface area contributed by atoms with Crippen molar-refractivity contribution < 1.29 is 19.0 Å². The Kier molecular flexibility index (Phi) is 5.63. The number of carbonyl (C=O) groups is 1. The summed E-state index contributed by atoms with van der Waals surface area (Å²) in [5, 5.41) is 10.1. The predicted molar refractivity (Wildman–Crippen MR) is 89.7 cm³/mol. The highest BCUT2D eigenvalue weighted by atomic mass is 19.1. The van der Waals surface area contributed by atoms with Crippen LogP contribution in [0.2, 0.25) is 0 Å². The van der Waals surface area contributed by atoms with Gasteiger partial charge in [0, 0.05) is 24.4 Å². The van der Waals surface area contributed by atoms with Gasteiger partial charge in [0.25, 0.3) is 0 Å². The van der Waals surface area contributed by atoms with E-state index >= 15 is 0 Å². The van der Waals surface area contributed by atoms with Gasteiger partial charge < -0.3 is 14.7 Å². The molecule has 1 N–H and O–H groups in total. The van der Waals surface area contributed by atoms with E-state index < -0.39 is 0 Å². The quantitative estimate of drug-likeness (QED) is 0.921. The minimum atomic E-state index is -0.346. The lowest BCUT2D eigenvalue weighted by atomic mass is 9.94. The fourth-order valence-corrected chi connectivity index (χ4v) is 3.72. The smallest absolute Gasteiger partial charge is 0.226 e. The number of aliphatic hydroxyl groups is 1. The standard InChI is InChI=1S/C19H24FNO3/c20-16-8-2-1-5-14(16)6-3-10-19(23)21-11-12-24-13-17(21)15-7-4-9-18(15)22/h1-3,5-6,8,15,17-18,22H,4,7,9-13H2/b6-3+. The number of rotatable bonds is 4. The number of morpholine rings is 1. The Hall–Kier alpha value is -1.72. The second-order valence-corrected chi connectivity index (χ2v) is 6.52. The van der Waals surface area contributed by atoms with Crippen molar-refractivity contribution in [3.05, 3.63) is 41.7 Å². The van der Waals surface area contributed by atoms with Crippen LogP contribution in [0.5, 0.6) is 0 Å². The number of nitrogens with zero attached hydrogens (tertiary/aromatic N) is 1. The van der Waals surface area contributed by atoms with E-state index in [2.05, 4.69) is 0 Å². The van der Waals surface area contributed by atoms with E-state index in [9.17, 15) is 14.3 Å². The molecule has 0 radical (unpaired) electrons. The van der Waals surface area contributed by atoms with E-state index in [1.54, 1.807) is 30.4 Å². The van der Waals surface area contributed by atoms with Gasteiger partial charge in [0.15, 0.2) is 0 Å². The van der Waals surface area contributed by atoms with Gasteiger partial charge in [0.2, 0.25) is 5.91 Å². The van der Waals surface area contributed by atoms with Crippen molar-refractivity contribution in [2.45, 2.75) is 37.8 Å². The van der Waals surface area contributed by atoms with E-state index in [1.807, 2.05) is 4.90 Å². The van der Waals surface area contributed by atoms with Crippen LogP contribution in [0.25, 0.3) is 6.08 Å². The van der Waals surface area contributed by atoms with Gasteiger partial charge >= 0.3 is 0 Å². The zero-order valence-electron chi connectivity index (χ0n) is 13.7. The summed E-state index contributed by atoms with van der Waals surface area (Å²) in [5.74, 6) is -0.181. The lowest BCUT2D eigenvalue weighted by molar-refractivity contribution is -0.143. The molecule has 2 fully saturated rings. The third-order valence-corrected chi connectivity index (χ3v) is 5.01. The second kappa shape index (κ2) is 7.90. The van der Waals surface area contributed by atoms with Crippen molar-refractivity contribution in [2.75, 3.05) is 19.8 Å². The van der Waals surface area contributed by atoms with Crippen LogP contribution in [0.15, 0.2) is 30.3 Å². The third kappa shape index (κ3) is 3.84. The molecule has 1 aliphatic heterocycles. The number of benzene rings is 1. The van der Waals surface area contributed by atoms with Gasteiger partial charge in [0.05, 0.1) is 25.4 Å². The van der Waals surface area contributed by atoms with Crippen molar-refractivity contribution in [3.8, 4) is 0 Å². The fraction of sp³-hybridized carbons (Fsp3) is 0.526. The van der Waals surface area contributed by atoms with Gasteiger partial charge in [0.1, 0.15) is 5.82 Å². The van der Waals surface area contributed by atoms with Crippen LogP contribution < -0.4 is 0 Å². The van der Waals surface area contributed by atoms with Crippen LogP contribution in [0.3, 0.4) is 0 Å². The number of hydrogen-bond acceptors (Lipinski definition) is 3. The Morgan fingerprint density at radius 2 is 2.21 bits per heavy atom. The van der Waals surface area contributed by atoms with Crippen LogP contribution in [-0.2, 0) is 9.53 Å². The Bertz CT molecular complexity index is 604. The molecule has 130 valence electrons. The lowest BCUT2D eigenvalue weighted by Gasteiger charge is -2.40. The number of amides is 1. The maximum absolute atomic E-state index is 13.6. The molecule has 1 aromatic carbocycles. The van der Waals surface area contributed by atoms with Gasteiger partial charge in [-0.05, 0) is 18.9 Å². The number of hydrogen-bond donors (Lipinski definition) is 1. The van der Waals surface area contributed by atoms with E-state index in [-0.39, 0.29) is 36.2 Å². The molecule has 1 amide bonds. The van der Waals surface area contributed by atoms with E-state index in [4.69, 9.17) is 4.74 Å². The molecule has 1 aliphatic carbocycles. The maximum atomic E-state index is 13.6. The lowest BCUT2D eigenvalue weighted by Crippen LogP contribution is -2.53. The summed E-state index contributed by atoms with van der Waals surface area (Å²) in [6.45, 7) is 1.58. The molecule has 0 spiro atoms. The SMILES string of the molecule is O=C(C/C=C/c1ccccc1F)N1CCOCC1C1CCCC1O. The van der Waals surface area contributed by atoms with E-state index in [1.165, 1.54) is 6.07 Å². The van der Waals surface area contributed by atoms with Gasteiger partial charge in [-0.25, -0.2) is 4.39 Å². The average molecular weight is 333 g/mol. The Labute approximate surface area is 141 Å². The van der Waals surface area contributed by atoms with Crippen molar-refractivity contribution in [2.24, 2.45) is 5.92 Å². The summed E-state index contributed by atoms with van der Waals surface area (Å²) in [4.78, 5) is 14.4. The zero-order chi connectivity index (χ0) is 16.9. The Morgan fingerprint density at radius 3 is 2.96 bits per heavy atom. The van der Waals surface area contributed by atoms with Crippen LogP contribution in [0.1, 0.15) is 31.2 Å². The topological polar surface area (TPSA) is 49.8 Å². The first kappa shape index (κ1) is 17.1. The van der Waals surface area contributed by atoms with Crippen molar-refractivity contribution in [1.82, 2.24) is 4.90 Å². The van der Waals surface area contributed by atoms with Crippen LogP contribution in [0.4, 0.5) is 4.39 Å². The van der Waals surface area contributed by atoms with Crippen LogP contribution in [-0.4, -0.2) is 47.8 Å². The molecule has 4 nitrogen and oxygen atoms in total. The molecule has 2 aliphatic rings. The van der Waals surface area contributed by atoms with Gasteiger partial charge in [-0.3, -0.25) is 4.79 Å². The molecule has 24 heavy (non-hydrogen) atoms. The minimum Gasteiger partial charge on any atom is -0.393 e. The molecule has 1 saturated heterocycles. The van der Waals surface area contributed by atoms with Crippen molar-refractivity contribution in [1.29, 1.82) is 0 Å². The fourth-order valence-electron chi connectivity index (χ4n) is 3.72. The van der Waals surface area contributed by atoms with E-state index in [0.29, 0.717) is 25.3 Å². The van der Waals surface area contributed by atoms with Gasteiger partial charge in [-0.15, -0.1) is 0 Å². The molecule has 3 unspecified atom stereocenters. The number of ether oxygens (including phenoxy) is 1. The highest BCUT2D eigenvalue weighted by Gasteiger charge is 2.39. The largest absolute Gasteiger partial charge is 0.393 e. The van der Waals surface area contributed by atoms with Crippen molar-refractivity contribution >= 4 is 12.0 Å². The third-order valence-electron chi connectivity index (χ3n) is 5.01. The first-order chi connectivity index (χ1) is 11.7.